The van der Waals surface area contributed by atoms with Crippen LogP contribution >= 0.6 is 11.3 Å². The largest absolute Gasteiger partial charge is 0.477 e. The minimum Gasteiger partial charge on any atom is -0.477 e. The first-order valence-corrected chi connectivity index (χ1v) is 5.26. The van der Waals surface area contributed by atoms with E-state index in [0.29, 0.717) is 18.7 Å². The summed E-state index contributed by atoms with van der Waals surface area (Å²) in [6.45, 7) is 3.60. The first-order valence-electron chi connectivity index (χ1n) is 4.44. The van der Waals surface area contributed by atoms with E-state index in [4.69, 9.17) is 5.11 Å². The van der Waals surface area contributed by atoms with Gasteiger partial charge in [0.15, 0.2) is 0 Å². The highest BCUT2D eigenvalue weighted by atomic mass is 32.1. The number of carboxylic acids is 1. The van der Waals surface area contributed by atoms with Crippen LogP contribution in [0.2, 0.25) is 0 Å². The van der Waals surface area contributed by atoms with Crippen LogP contribution in [0.4, 0.5) is 0 Å². The van der Waals surface area contributed by atoms with Gasteiger partial charge in [-0.3, -0.25) is 4.79 Å². The highest BCUT2D eigenvalue weighted by Gasteiger charge is 2.13. The lowest BCUT2D eigenvalue weighted by atomic mass is 10.4. The quantitative estimate of drug-likeness (QED) is 0.800. The summed E-state index contributed by atoms with van der Waals surface area (Å²) in [6, 6.07) is 0. The van der Waals surface area contributed by atoms with Gasteiger partial charge in [0.2, 0.25) is 5.91 Å². The number of hydrogen-bond acceptors (Lipinski definition) is 4. The second-order valence-electron chi connectivity index (χ2n) is 3.06. The molecular formula is C9H12N2O3S. The van der Waals surface area contributed by atoms with Crippen molar-refractivity contribution in [2.75, 3.05) is 6.54 Å². The van der Waals surface area contributed by atoms with Gasteiger partial charge in [0.25, 0.3) is 0 Å². The minimum atomic E-state index is -0.948. The van der Waals surface area contributed by atoms with Gasteiger partial charge in [-0.25, -0.2) is 9.78 Å². The summed E-state index contributed by atoms with van der Waals surface area (Å²) in [5.74, 6) is -1.04. The maximum Gasteiger partial charge on any atom is 0.347 e. The number of nitrogens with one attached hydrogen (secondary N) is 1. The van der Waals surface area contributed by atoms with Crippen LogP contribution in [-0.2, 0) is 11.2 Å². The van der Waals surface area contributed by atoms with Gasteiger partial charge in [-0.15, -0.1) is 11.3 Å². The van der Waals surface area contributed by atoms with E-state index in [1.165, 1.54) is 6.92 Å². The summed E-state index contributed by atoms with van der Waals surface area (Å²) in [5, 5.41) is 12.2. The van der Waals surface area contributed by atoms with Crippen LogP contribution in [0, 0.1) is 6.92 Å². The Labute approximate surface area is 91.1 Å². The Kier molecular flexibility index (Phi) is 3.79. The van der Waals surface area contributed by atoms with Gasteiger partial charge in [0.05, 0.1) is 10.7 Å². The number of amides is 1. The van der Waals surface area contributed by atoms with Crippen LogP contribution < -0.4 is 5.32 Å². The molecule has 1 rings (SSSR count). The van der Waals surface area contributed by atoms with Gasteiger partial charge in [-0.05, 0) is 6.92 Å². The second-order valence-corrected chi connectivity index (χ2v) is 4.14. The third-order valence-corrected chi connectivity index (χ3v) is 2.95. The molecule has 0 aliphatic carbocycles. The number of aromatic nitrogens is 1. The SMILES string of the molecule is CC(=O)NCCc1nc(C)c(C(=O)O)s1. The van der Waals surface area contributed by atoms with Gasteiger partial charge in [0.1, 0.15) is 4.88 Å². The molecule has 2 N–H and O–H groups in total. The minimum absolute atomic E-state index is 0.0956. The number of rotatable bonds is 4. The summed E-state index contributed by atoms with van der Waals surface area (Å²) in [4.78, 5) is 25.7. The molecule has 0 aromatic carbocycles. The van der Waals surface area contributed by atoms with Crippen LogP contribution in [0.1, 0.15) is 27.3 Å². The lowest BCUT2D eigenvalue weighted by molar-refractivity contribution is -0.118. The topological polar surface area (TPSA) is 79.3 Å². The number of aromatic carboxylic acids is 1. The molecule has 15 heavy (non-hydrogen) atoms. The number of carboxylic acid groups (broad SMARTS) is 1. The standard InChI is InChI=1S/C9H12N2O3S/c1-5-8(9(13)14)15-7(11-5)3-4-10-6(2)12/h3-4H2,1-2H3,(H,10,12)(H,13,14). The summed E-state index contributed by atoms with van der Waals surface area (Å²) in [5.41, 5.74) is 0.533. The molecular weight excluding hydrogens is 216 g/mol. The fraction of sp³-hybridized carbons (Fsp3) is 0.444. The van der Waals surface area contributed by atoms with Gasteiger partial charge in [-0.1, -0.05) is 0 Å². The summed E-state index contributed by atoms with van der Waals surface area (Å²) in [7, 11) is 0. The molecule has 1 amide bonds. The molecule has 0 saturated carbocycles. The van der Waals surface area contributed by atoms with E-state index in [-0.39, 0.29) is 10.8 Å². The predicted octanol–water partition coefficient (Wildman–Crippen LogP) is 0.828. The molecule has 0 saturated heterocycles. The van der Waals surface area contributed by atoms with E-state index < -0.39 is 5.97 Å². The van der Waals surface area contributed by atoms with Crippen molar-refractivity contribution in [3.8, 4) is 0 Å². The predicted molar refractivity (Wildman–Crippen MR) is 56.2 cm³/mol. The monoisotopic (exact) mass is 228 g/mol. The molecule has 0 aliphatic rings. The molecule has 6 heteroatoms. The number of nitrogens with zero attached hydrogens (tertiary/aromatic N) is 1. The smallest absolute Gasteiger partial charge is 0.347 e. The van der Waals surface area contributed by atoms with Crippen molar-refractivity contribution in [3.63, 3.8) is 0 Å². The van der Waals surface area contributed by atoms with E-state index in [2.05, 4.69) is 10.3 Å². The molecule has 5 nitrogen and oxygen atoms in total. The van der Waals surface area contributed by atoms with Crippen molar-refractivity contribution in [3.05, 3.63) is 15.6 Å². The number of aryl methyl sites for hydroxylation is 1. The average Bonchev–Trinajstić information content (AvgIpc) is 2.46. The Bertz CT molecular complexity index is 387. The van der Waals surface area contributed by atoms with Crippen molar-refractivity contribution in [2.24, 2.45) is 0 Å². The number of hydrogen-bond donors (Lipinski definition) is 2. The van der Waals surface area contributed by atoms with Gasteiger partial charge in [0, 0.05) is 19.9 Å². The maximum absolute atomic E-state index is 10.7. The van der Waals surface area contributed by atoms with E-state index >= 15 is 0 Å². The van der Waals surface area contributed by atoms with Gasteiger partial charge < -0.3 is 10.4 Å². The summed E-state index contributed by atoms with van der Waals surface area (Å²) < 4.78 is 0. The second kappa shape index (κ2) is 4.88. The highest BCUT2D eigenvalue weighted by Crippen LogP contribution is 2.17. The molecule has 0 spiro atoms. The van der Waals surface area contributed by atoms with Crippen molar-refractivity contribution >= 4 is 23.2 Å². The summed E-state index contributed by atoms with van der Waals surface area (Å²) >= 11 is 1.16. The highest BCUT2D eigenvalue weighted by molar-refractivity contribution is 7.13. The number of carbonyl (C=O) groups is 2. The lowest BCUT2D eigenvalue weighted by Crippen LogP contribution is -2.22. The molecule has 0 aliphatic heterocycles. The molecule has 1 heterocycles. The molecule has 0 fully saturated rings. The van der Waals surface area contributed by atoms with Crippen LogP contribution in [0.3, 0.4) is 0 Å². The Morgan fingerprint density at radius 1 is 1.53 bits per heavy atom. The zero-order valence-electron chi connectivity index (χ0n) is 8.53. The molecule has 1 aromatic rings. The Morgan fingerprint density at radius 2 is 2.20 bits per heavy atom. The molecule has 0 unspecified atom stereocenters. The van der Waals surface area contributed by atoms with Crippen LogP contribution in [-0.4, -0.2) is 28.5 Å². The zero-order chi connectivity index (χ0) is 11.4. The molecule has 1 aromatic heterocycles. The van der Waals surface area contributed by atoms with E-state index in [1.54, 1.807) is 6.92 Å². The molecule has 0 bridgehead atoms. The Balaban J connectivity index is 2.59. The Morgan fingerprint density at radius 3 is 2.67 bits per heavy atom. The number of thiazole rings is 1. The summed E-state index contributed by atoms with van der Waals surface area (Å²) in [6.07, 6.45) is 0.568. The third-order valence-electron chi connectivity index (χ3n) is 1.75. The molecule has 0 atom stereocenters. The fourth-order valence-electron chi connectivity index (χ4n) is 1.10. The van der Waals surface area contributed by atoms with Crippen molar-refractivity contribution in [1.29, 1.82) is 0 Å². The van der Waals surface area contributed by atoms with Crippen LogP contribution in [0.5, 0.6) is 0 Å². The van der Waals surface area contributed by atoms with Crippen LogP contribution in [0.25, 0.3) is 0 Å². The zero-order valence-corrected chi connectivity index (χ0v) is 9.35. The first kappa shape index (κ1) is 11.6. The first-order chi connectivity index (χ1) is 7.00. The molecule has 82 valence electrons. The van der Waals surface area contributed by atoms with E-state index in [9.17, 15) is 9.59 Å². The fourth-order valence-corrected chi connectivity index (χ4v) is 2.01. The Hall–Kier alpha value is -1.43. The van der Waals surface area contributed by atoms with Gasteiger partial charge >= 0.3 is 5.97 Å². The normalized spacial score (nSPS) is 10.0. The van der Waals surface area contributed by atoms with Crippen LogP contribution in [0.15, 0.2) is 0 Å². The number of carbonyl (C=O) groups excluding carboxylic acids is 1. The van der Waals surface area contributed by atoms with E-state index in [0.717, 1.165) is 16.3 Å². The maximum atomic E-state index is 10.7. The van der Waals surface area contributed by atoms with Crippen molar-refractivity contribution < 1.29 is 14.7 Å². The third kappa shape index (κ3) is 3.32. The van der Waals surface area contributed by atoms with E-state index in [1.807, 2.05) is 0 Å². The van der Waals surface area contributed by atoms with Crippen molar-refractivity contribution in [2.45, 2.75) is 20.3 Å². The van der Waals surface area contributed by atoms with Gasteiger partial charge in [-0.2, -0.15) is 0 Å². The lowest BCUT2D eigenvalue weighted by Gasteiger charge is -1.97. The molecule has 0 radical (unpaired) electrons. The average molecular weight is 228 g/mol. The van der Waals surface area contributed by atoms with Crippen molar-refractivity contribution in [1.82, 2.24) is 10.3 Å².